The van der Waals surface area contributed by atoms with E-state index in [1.807, 2.05) is 24.3 Å². The molecule has 1 aromatic carbocycles. The van der Waals surface area contributed by atoms with Gasteiger partial charge in [-0.3, -0.25) is 23.9 Å². The van der Waals surface area contributed by atoms with Gasteiger partial charge in [0.1, 0.15) is 29.1 Å². The number of allylic oxidation sites excluding steroid dienone is 1. The fourth-order valence-electron chi connectivity index (χ4n) is 7.23. The normalized spacial score (nSPS) is 28.4. The number of sulfonamides is 1. The molecule has 5 aliphatic rings. The van der Waals surface area contributed by atoms with E-state index >= 15 is 0 Å². The van der Waals surface area contributed by atoms with Crippen LogP contribution in [0.5, 0.6) is 5.75 Å². The van der Waals surface area contributed by atoms with Crippen LogP contribution in [0.25, 0.3) is 11.3 Å². The molecular weight excluding hydrogens is 705 g/mol. The van der Waals surface area contributed by atoms with Gasteiger partial charge >= 0.3 is 6.09 Å². The Morgan fingerprint density at radius 3 is 2.55 bits per heavy atom. The predicted molar refractivity (Wildman–Crippen MR) is 191 cm³/mol. The number of aromatic nitrogens is 1. The molecule has 5 atom stereocenters. The molecule has 5 amide bonds. The Morgan fingerprint density at radius 1 is 0.925 bits per heavy atom. The van der Waals surface area contributed by atoms with Gasteiger partial charge in [-0.25, -0.2) is 18.2 Å². The fourth-order valence-corrected chi connectivity index (χ4v) is 8.59. The van der Waals surface area contributed by atoms with E-state index in [2.05, 4.69) is 25.7 Å². The smallest absolute Gasteiger partial charge is 0.407 e. The van der Waals surface area contributed by atoms with Gasteiger partial charge in [-0.2, -0.15) is 0 Å². The number of nitrogens with zero attached hydrogens (tertiary/aromatic N) is 2. The van der Waals surface area contributed by atoms with E-state index < -0.39 is 74.6 Å². The predicted octanol–water partition coefficient (Wildman–Crippen LogP) is 2.33. The van der Waals surface area contributed by atoms with Crippen LogP contribution in [0.15, 0.2) is 54.6 Å². The largest absolute Gasteiger partial charge is 0.493 e. The maximum Gasteiger partial charge on any atom is 0.407 e. The number of rotatable bonds is 3. The van der Waals surface area contributed by atoms with Crippen LogP contribution < -0.4 is 25.4 Å². The van der Waals surface area contributed by atoms with Gasteiger partial charge in [0, 0.05) is 30.5 Å². The number of nitrogens with one attached hydrogen (secondary N) is 4. The van der Waals surface area contributed by atoms with Gasteiger partial charge < -0.3 is 30.3 Å². The SMILES string of the molecule is O=C1N[C@H]2CCCCCC=C[C@@H]3C[C@@]3(C(=O)NS(=O)(=O)C3CC3)NC(=O)[C@@H]3C[C@H](CN3C2=O)NC(=O)c2cccc(n2)-c2cccc(c2)OCCCO1. The molecule has 2 aromatic rings. The summed E-state index contributed by atoms with van der Waals surface area (Å²) in [5.41, 5.74) is -0.138. The van der Waals surface area contributed by atoms with E-state index in [1.54, 1.807) is 30.3 Å². The highest BCUT2D eigenvalue weighted by atomic mass is 32.2. The summed E-state index contributed by atoms with van der Waals surface area (Å²) in [5.74, 6) is -2.40. The van der Waals surface area contributed by atoms with Gasteiger partial charge in [0.05, 0.1) is 24.2 Å². The van der Waals surface area contributed by atoms with Crippen molar-refractivity contribution in [1.82, 2.24) is 30.6 Å². The molecule has 4 N–H and O–H groups in total. The van der Waals surface area contributed by atoms with Crippen molar-refractivity contribution in [2.24, 2.45) is 5.92 Å². The second kappa shape index (κ2) is 15.2. The zero-order valence-corrected chi connectivity index (χ0v) is 30.1. The van der Waals surface area contributed by atoms with E-state index in [0.717, 1.165) is 18.4 Å². The average Bonchev–Trinajstić information content (AvgIpc) is 4.07. The summed E-state index contributed by atoms with van der Waals surface area (Å²) in [7, 11) is -3.90. The Bertz CT molecular complexity index is 1920. The third kappa shape index (κ3) is 8.32. The van der Waals surface area contributed by atoms with Crippen LogP contribution >= 0.6 is 0 Å². The van der Waals surface area contributed by atoms with Crippen molar-refractivity contribution >= 4 is 39.7 Å². The lowest BCUT2D eigenvalue weighted by molar-refractivity contribution is -0.141. The number of cyclic esters (lactones) is 1. The van der Waals surface area contributed by atoms with Gasteiger partial charge in [-0.15, -0.1) is 0 Å². The van der Waals surface area contributed by atoms with Crippen molar-refractivity contribution < 1.29 is 41.9 Å². The molecule has 4 heterocycles. The molecule has 7 rings (SSSR count). The van der Waals surface area contributed by atoms with Crippen molar-refractivity contribution in [3.8, 4) is 17.0 Å². The zero-order valence-electron chi connectivity index (χ0n) is 29.3. The van der Waals surface area contributed by atoms with Crippen LogP contribution in [0.4, 0.5) is 4.79 Å². The maximum atomic E-state index is 14.3. The van der Waals surface area contributed by atoms with Gasteiger partial charge in [-0.05, 0) is 69.2 Å². The molecule has 3 fully saturated rings. The van der Waals surface area contributed by atoms with E-state index in [0.29, 0.717) is 43.5 Å². The summed E-state index contributed by atoms with van der Waals surface area (Å²) in [6.07, 6.45) is 7.53. The first-order chi connectivity index (χ1) is 25.5. The molecule has 0 unspecified atom stereocenters. The Balaban J connectivity index is 1.19. The summed E-state index contributed by atoms with van der Waals surface area (Å²) < 4.78 is 39.0. The zero-order chi connectivity index (χ0) is 37.2. The molecule has 16 heteroatoms. The number of alkyl carbamates (subject to hydrolysis) is 1. The maximum absolute atomic E-state index is 14.3. The highest BCUT2D eigenvalue weighted by Gasteiger charge is 2.62. The molecule has 0 spiro atoms. The highest BCUT2D eigenvalue weighted by Crippen LogP contribution is 2.46. The number of benzene rings is 1. The molecule has 2 aliphatic carbocycles. The van der Waals surface area contributed by atoms with Crippen LogP contribution in [-0.2, 0) is 29.1 Å². The summed E-state index contributed by atoms with van der Waals surface area (Å²) in [4.78, 5) is 74.8. The summed E-state index contributed by atoms with van der Waals surface area (Å²) in [6, 6.07) is 9.42. The number of carbonyl (C=O) groups is 5. The third-order valence-corrected chi connectivity index (χ3v) is 12.2. The molecule has 0 radical (unpaired) electrons. The average molecular weight is 749 g/mol. The topological polar surface area (TPSA) is 202 Å². The quantitative estimate of drug-likeness (QED) is 0.338. The second-order valence-corrected chi connectivity index (χ2v) is 16.4. The molecule has 1 aromatic heterocycles. The number of carbonyl (C=O) groups excluding carboxylic acids is 5. The Labute approximate surface area is 307 Å². The van der Waals surface area contributed by atoms with Gasteiger partial charge in [-0.1, -0.05) is 43.2 Å². The molecule has 282 valence electrons. The molecular formula is C37H44N6O9S. The van der Waals surface area contributed by atoms with E-state index in [-0.39, 0.29) is 44.7 Å². The van der Waals surface area contributed by atoms with Crippen LogP contribution in [0.3, 0.4) is 0 Å². The van der Waals surface area contributed by atoms with E-state index in [1.165, 1.54) is 4.90 Å². The number of fused-ring (bicyclic) bond motifs is 8. The van der Waals surface area contributed by atoms with E-state index in [4.69, 9.17) is 9.47 Å². The van der Waals surface area contributed by atoms with Crippen LogP contribution in [-0.4, -0.2) is 96.7 Å². The number of amides is 5. The minimum absolute atomic E-state index is 0.00185. The first kappa shape index (κ1) is 36.4. The number of hydrogen-bond donors (Lipinski definition) is 4. The molecule has 2 saturated carbocycles. The van der Waals surface area contributed by atoms with Crippen molar-refractivity contribution in [2.45, 2.75) is 93.1 Å². The Morgan fingerprint density at radius 2 is 1.72 bits per heavy atom. The van der Waals surface area contributed by atoms with Gasteiger partial charge in [0.15, 0.2) is 0 Å². The van der Waals surface area contributed by atoms with Crippen LogP contribution in [0, 0.1) is 5.92 Å². The lowest BCUT2D eigenvalue weighted by Crippen LogP contribution is -2.58. The standard InChI is InChI=1S/C37H44N6O9S/c44-32-29-14-7-13-28(39-29)23-9-6-11-26(19-23)51-17-8-18-52-36(48)40-30-12-5-3-1-2-4-10-24-21-37(24,35(47)42-53(49,50)27-15-16-27)41-33(45)31-20-25(38-32)22-43(31)34(30)46/h4,6-7,9-11,13-14,19,24-25,27,30-31H,1-3,5,8,12,15-18,20-22H2,(H,38,44)(H,40,48)(H,41,45)(H,42,47)/t24-,25-,30+,31+,37-/m1/s1. The number of ether oxygens (including phenoxy) is 2. The van der Waals surface area contributed by atoms with Crippen LogP contribution in [0.1, 0.15) is 74.7 Å². The molecule has 15 nitrogen and oxygen atoms in total. The monoisotopic (exact) mass is 748 g/mol. The third-order valence-electron chi connectivity index (χ3n) is 10.4. The summed E-state index contributed by atoms with van der Waals surface area (Å²) in [6.45, 7) is 0.225. The molecule has 53 heavy (non-hydrogen) atoms. The summed E-state index contributed by atoms with van der Waals surface area (Å²) >= 11 is 0. The molecule has 3 aliphatic heterocycles. The van der Waals surface area contributed by atoms with Gasteiger partial charge in [0.25, 0.3) is 11.8 Å². The van der Waals surface area contributed by atoms with E-state index in [9.17, 15) is 32.4 Å². The molecule has 7 bridgehead atoms. The number of hydrogen-bond acceptors (Lipinski definition) is 10. The molecule has 1 saturated heterocycles. The van der Waals surface area contributed by atoms with Crippen molar-refractivity contribution in [3.63, 3.8) is 0 Å². The van der Waals surface area contributed by atoms with Crippen molar-refractivity contribution in [2.75, 3.05) is 19.8 Å². The minimum atomic E-state index is -3.90. The van der Waals surface area contributed by atoms with Crippen LogP contribution in [0.2, 0.25) is 0 Å². The second-order valence-electron chi connectivity index (χ2n) is 14.4. The Hall–Kier alpha value is -4.99. The van der Waals surface area contributed by atoms with Crippen molar-refractivity contribution in [1.29, 1.82) is 0 Å². The number of pyridine rings is 1. The fraction of sp³-hybridized carbons (Fsp3) is 0.514. The first-order valence-electron chi connectivity index (χ1n) is 18.3. The highest BCUT2D eigenvalue weighted by molar-refractivity contribution is 7.91. The summed E-state index contributed by atoms with van der Waals surface area (Å²) in [5, 5.41) is 7.82. The van der Waals surface area contributed by atoms with Crippen molar-refractivity contribution in [3.05, 3.63) is 60.3 Å². The Kier molecular flexibility index (Phi) is 10.4. The lowest BCUT2D eigenvalue weighted by Gasteiger charge is -2.30. The first-order valence-corrected chi connectivity index (χ1v) is 19.9. The minimum Gasteiger partial charge on any atom is -0.493 e. The van der Waals surface area contributed by atoms with Gasteiger partial charge in [0.2, 0.25) is 21.8 Å². The lowest BCUT2D eigenvalue weighted by atomic mass is 10.0.